The van der Waals surface area contributed by atoms with E-state index < -0.39 is 5.51 Å². The van der Waals surface area contributed by atoms with Gasteiger partial charge in [-0.3, -0.25) is 0 Å². The Bertz CT molecular complexity index is 379. The summed E-state index contributed by atoms with van der Waals surface area (Å²) in [5, 5.41) is 0. The summed E-state index contributed by atoms with van der Waals surface area (Å²) >= 11 is 1.75. The third-order valence-electron chi connectivity index (χ3n) is 1.77. The van der Waals surface area contributed by atoms with Crippen molar-refractivity contribution >= 4 is 40.6 Å². The Morgan fingerprint density at radius 2 is 2.06 bits per heavy atom. The molecule has 0 saturated heterocycles. The highest BCUT2D eigenvalue weighted by atomic mass is 127. The van der Waals surface area contributed by atoms with Crippen LogP contribution in [0.5, 0.6) is 0 Å². The molecular weight excluding hydrogens is 352 g/mol. The minimum atomic E-state index is -4.26. The summed E-state index contributed by atoms with van der Waals surface area (Å²) in [6, 6.07) is 4.75. The topological polar surface area (TPSA) is 17.1 Å². The number of benzene rings is 1. The maximum Gasteiger partial charge on any atom is 0.446 e. The van der Waals surface area contributed by atoms with Crippen LogP contribution >= 0.6 is 34.4 Å². The molecule has 0 atom stereocenters. The number of hydrogen-bond acceptors (Lipinski definition) is 2. The lowest BCUT2D eigenvalue weighted by Gasteiger charge is -2.08. The fraction of sp³-hybridized carbons (Fsp3) is 0.300. The van der Waals surface area contributed by atoms with Crippen LogP contribution < -0.4 is 0 Å². The van der Waals surface area contributed by atoms with Gasteiger partial charge in [0.25, 0.3) is 0 Å². The van der Waals surface area contributed by atoms with Crippen LogP contribution in [-0.2, 0) is 11.2 Å². The number of alkyl halides is 3. The maximum atomic E-state index is 12.1. The highest BCUT2D eigenvalue weighted by molar-refractivity contribution is 14.1. The van der Waals surface area contributed by atoms with Gasteiger partial charge in [0.1, 0.15) is 6.29 Å². The molecule has 0 aromatic heterocycles. The van der Waals surface area contributed by atoms with Crippen LogP contribution in [0.15, 0.2) is 23.1 Å². The molecule has 88 valence electrons. The minimum absolute atomic E-state index is 0.117. The lowest BCUT2D eigenvalue weighted by atomic mass is 10.1. The first-order valence-electron chi connectivity index (χ1n) is 4.40. The zero-order valence-electron chi connectivity index (χ0n) is 8.05. The molecule has 0 N–H and O–H groups in total. The molecule has 0 radical (unpaired) electrons. The predicted octanol–water partition coefficient (Wildman–Crippen LogP) is 4.03. The van der Waals surface area contributed by atoms with Gasteiger partial charge in [-0.1, -0.05) is 6.07 Å². The first-order valence-corrected chi connectivity index (χ1v) is 6.29. The van der Waals surface area contributed by atoms with Gasteiger partial charge in [-0.05, 0) is 58.5 Å². The van der Waals surface area contributed by atoms with E-state index in [1.54, 1.807) is 12.1 Å². The van der Waals surface area contributed by atoms with E-state index >= 15 is 0 Å². The summed E-state index contributed by atoms with van der Waals surface area (Å²) in [6.07, 6.45) is 1.75. The van der Waals surface area contributed by atoms with Crippen molar-refractivity contribution in [1.29, 1.82) is 0 Å². The summed E-state index contributed by atoms with van der Waals surface area (Å²) in [7, 11) is 0. The first kappa shape index (κ1) is 13.8. The van der Waals surface area contributed by atoms with Crippen LogP contribution in [0.2, 0.25) is 0 Å². The zero-order valence-corrected chi connectivity index (χ0v) is 11.0. The van der Waals surface area contributed by atoms with Gasteiger partial charge < -0.3 is 4.79 Å². The smallest absolute Gasteiger partial charge is 0.303 e. The predicted molar refractivity (Wildman–Crippen MR) is 65.5 cm³/mol. The van der Waals surface area contributed by atoms with E-state index in [1.807, 2.05) is 22.6 Å². The molecule has 0 aliphatic heterocycles. The summed E-state index contributed by atoms with van der Waals surface area (Å²) in [6.45, 7) is 0. The van der Waals surface area contributed by atoms with Crippen LogP contribution in [0.25, 0.3) is 0 Å². The molecule has 1 nitrogen and oxygen atoms in total. The second kappa shape index (κ2) is 5.90. The second-order valence-corrected chi connectivity index (χ2v) is 5.29. The number of aldehydes is 1. The number of carbonyl (C=O) groups is 1. The quantitative estimate of drug-likeness (QED) is 0.458. The number of halogens is 4. The van der Waals surface area contributed by atoms with Gasteiger partial charge in [-0.15, -0.1) is 0 Å². The summed E-state index contributed by atoms with van der Waals surface area (Å²) in [5.41, 5.74) is -3.38. The van der Waals surface area contributed by atoms with Crippen molar-refractivity contribution in [2.75, 3.05) is 0 Å². The van der Waals surface area contributed by atoms with Gasteiger partial charge in [-0.25, -0.2) is 0 Å². The van der Waals surface area contributed by atoms with Crippen molar-refractivity contribution in [2.45, 2.75) is 23.2 Å². The van der Waals surface area contributed by atoms with Crippen LogP contribution in [-0.4, -0.2) is 11.8 Å². The molecule has 1 rings (SSSR count). The number of carbonyl (C=O) groups excluding carboxylic acids is 1. The van der Waals surface area contributed by atoms with Crippen molar-refractivity contribution in [3.8, 4) is 0 Å². The first-order chi connectivity index (χ1) is 7.42. The Labute approximate surface area is 109 Å². The average molecular weight is 360 g/mol. The molecule has 16 heavy (non-hydrogen) atoms. The van der Waals surface area contributed by atoms with Crippen LogP contribution in [0.3, 0.4) is 0 Å². The number of aryl methyl sites for hydroxylation is 1. The molecule has 0 bridgehead atoms. The van der Waals surface area contributed by atoms with Crippen molar-refractivity contribution in [1.82, 2.24) is 0 Å². The molecule has 0 amide bonds. The van der Waals surface area contributed by atoms with Crippen LogP contribution in [0, 0.1) is 3.57 Å². The molecule has 0 saturated carbocycles. The lowest BCUT2D eigenvalue weighted by Crippen LogP contribution is -2.00. The third kappa shape index (κ3) is 4.73. The molecule has 0 unspecified atom stereocenters. The Morgan fingerprint density at radius 3 is 2.56 bits per heavy atom. The van der Waals surface area contributed by atoms with Gasteiger partial charge in [-0.2, -0.15) is 13.2 Å². The molecule has 0 aliphatic carbocycles. The normalized spacial score (nSPS) is 11.5. The zero-order chi connectivity index (χ0) is 12.2. The molecule has 6 heteroatoms. The SMILES string of the molecule is O=CCCc1ccc(SC(F)(F)F)c(I)c1. The highest BCUT2D eigenvalue weighted by Crippen LogP contribution is 2.39. The van der Waals surface area contributed by atoms with Gasteiger partial charge in [0, 0.05) is 14.9 Å². The van der Waals surface area contributed by atoms with Crippen molar-refractivity contribution < 1.29 is 18.0 Å². The van der Waals surface area contributed by atoms with E-state index in [4.69, 9.17) is 0 Å². The van der Waals surface area contributed by atoms with E-state index in [-0.39, 0.29) is 16.7 Å². The maximum absolute atomic E-state index is 12.1. The Morgan fingerprint density at radius 1 is 1.38 bits per heavy atom. The molecule has 1 aromatic rings. The highest BCUT2D eigenvalue weighted by Gasteiger charge is 2.30. The van der Waals surface area contributed by atoms with Gasteiger partial charge in [0.05, 0.1) is 0 Å². The third-order valence-corrected chi connectivity index (χ3v) is 3.84. The second-order valence-electron chi connectivity index (χ2n) is 3.02. The molecular formula is C10H8F3IOS. The monoisotopic (exact) mass is 360 g/mol. The largest absolute Gasteiger partial charge is 0.446 e. The number of rotatable bonds is 4. The Hall–Kier alpha value is -0.240. The molecule has 0 aliphatic rings. The standard InChI is InChI=1S/C10H8F3IOS/c11-10(12,13)16-9-4-3-7(2-1-5-15)6-8(9)14/h3-6H,1-2H2. The molecule has 0 fully saturated rings. The fourth-order valence-electron chi connectivity index (χ4n) is 1.13. The summed E-state index contributed by atoms with van der Waals surface area (Å²) in [5.74, 6) is 0. The Kier molecular flexibility index (Phi) is 5.10. The van der Waals surface area contributed by atoms with E-state index in [2.05, 4.69) is 0 Å². The summed E-state index contributed by atoms with van der Waals surface area (Å²) < 4.78 is 37.0. The van der Waals surface area contributed by atoms with Gasteiger partial charge in [0.2, 0.25) is 0 Å². The van der Waals surface area contributed by atoms with Crippen molar-refractivity contribution in [2.24, 2.45) is 0 Å². The van der Waals surface area contributed by atoms with E-state index in [0.717, 1.165) is 11.8 Å². The average Bonchev–Trinajstić information content (AvgIpc) is 2.17. The minimum Gasteiger partial charge on any atom is -0.303 e. The summed E-state index contributed by atoms with van der Waals surface area (Å²) in [4.78, 5) is 10.4. The van der Waals surface area contributed by atoms with E-state index in [9.17, 15) is 18.0 Å². The molecule has 0 spiro atoms. The molecule has 0 heterocycles. The number of hydrogen-bond donors (Lipinski definition) is 0. The van der Waals surface area contributed by atoms with Crippen molar-refractivity contribution in [3.63, 3.8) is 0 Å². The number of thioether (sulfide) groups is 1. The van der Waals surface area contributed by atoms with E-state index in [1.165, 1.54) is 6.07 Å². The van der Waals surface area contributed by atoms with Gasteiger partial charge >= 0.3 is 5.51 Å². The fourth-order valence-corrected chi connectivity index (χ4v) is 2.58. The van der Waals surface area contributed by atoms with Crippen LogP contribution in [0.1, 0.15) is 12.0 Å². The molecule has 1 aromatic carbocycles. The van der Waals surface area contributed by atoms with Crippen molar-refractivity contribution in [3.05, 3.63) is 27.3 Å². The van der Waals surface area contributed by atoms with E-state index in [0.29, 0.717) is 16.4 Å². The Balaban J connectivity index is 2.79. The van der Waals surface area contributed by atoms with Gasteiger partial charge in [0.15, 0.2) is 0 Å². The van der Waals surface area contributed by atoms with Crippen LogP contribution in [0.4, 0.5) is 13.2 Å². The lowest BCUT2D eigenvalue weighted by molar-refractivity contribution is -0.107.